The molecule has 4 aromatic rings. The fraction of sp³-hybridized carbons (Fsp3) is 0.217. The molecule has 1 aliphatic rings. The number of hydrogen-bond acceptors (Lipinski definition) is 7. The number of fused-ring (bicyclic) bond motifs is 2. The summed E-state index contributed by atoms with van der Waals surface area (Å²) in [5.74, 6) is 0.877. The second-order valence-corrected chi connectivity index (χ2v) is 8.74. The summed E-state index contributed by atoms with van der Waals surface area (Å²) in [4.78, 5) is 29.3. The maximum absolute atomic E-state index is 12.8. The molecule has 0 fully saturated rings. The van der Waals surface area contributed by atoms with Gasteiger partial charge >= 0.3 is 0 Å². The van der Waals surface area contributed by atoms with Crippen LogP contribution >= 0.6 is 23.2 Å². The summed E-state index contributed by atoms with van der Waals surface area (Å²) in [6.07, 6.45) is 4.33. The minimum Gasteiger partial charge on any atom is -0.391 e. The van der Waals surface area contributed by atoms with Crippen LogP contribution in [0.1, 0.15) is 29.1 Å². The first kappa shape index (κ1) is 21.8. The van der Waals surface area contributed by atoms with Crippen LogP contribution in [0.5, 0.6) is 0 Å². The number of imidazole rings is 1. The molecular weight excluding hydrogens is 463 g/mol. The molecule has 4 N–H and O–H groups in total. The van der Waals surface area contributed by atoms with Gasteiger partial charge < -0.3 is 20.7 Å². The molecule has 0 spiro atoms. The number of aliphatic hydroxyl groups excluding tert-OH is 1. The lowest BCUT2D eigenvalue weighted by molar-refractivity contribution is 0.0968. The summed E-state index contributed by atoms with van der Waals surface area (Å²) in [5, 5.41) is 18.4. The van der Waals surface area contributed by atoms with Crippen LogP contribution in [0.2, 0.25) is 10.0 Å². The molecule has 3 atom stereocenters. The van der Waals surface area contributed by atoms with Gasteiger partial charge in [-0.1, -0.05) is 35.4 Å². The molecule has 8 nitrogen and oxygen atoms in total. The number of aliphatic hydroxyl groups is 1. The molecule has 0 amide bonds. The molecule has 0 aliphatic carbocycles. The van der Waals surface area contributed by atoms with Crippen LogP contribution in [0.15, 0.2) is 48.8 Å². The van der Waals surface area contributed by atoms with Gasteiger partial charge in [0.15, 0.2) is 5.78 Å². The standard InChI is InChI=1S/C23H20Cl2N6O2/c1-11(32)20(23-29-16-5-4-12(24)7-19(16)30-23)31-22-14-8-15(25)13(9-18(14)27-10-28-22)21(33)17-3-2-6-26-17/h2-5,7-11,17,20,26,32H,6H2,1H3,(H,29,30)(H,27,28,31)/t11-,17?,20+/m0/s1. The molecule has 0 saturated heterocycles. The molecule has 0 bridgehead atoms. The fourth-order valence-corrected chi connectivity index (χ4v) is 4.34. The molecule has 1 aliphatic heterocycles. The molecule has 2 aromatic carbocycles. The van der Waals surface area contributed by atoms with E-state index in [1.54, 1.807) is 31.2 Å². The predicted molar refractivity (Wildman–Crippen MR) is 129 cm³/mol. The number of aromatic amines is 1. The second kappa shape index (κ2) is 8.72. The van der Waals surface area contributed by atoms with Crippen molar-refractivity contribution in [3.63, 3.8) is 0 Å². The zero-order valence-corrected chi connectivity index (χ0v) is 19.0. The third kappa shape index (κ3) is 4.18. The van der Waals surface area contributed by atoms with Gasteiger partial charge in [-0.3, -0.25) is 4.79 Å². The van der Waals surface area contributed by atoms with E-state index < -0.39 is 18.2 Å². The van der Waals surface area contributed by atoms with Crippen LogP contribution in [0, 0.1) is 0 Å². The second-order valence-electron chi connectivity index (χ2n) is 7.90. The van der Waals surface area contributed by atoms with Gasteiger partial charge in [0.2, 0.25) is 0 Å². The number of halogens is 2. The Bertz CT molecular complexity index is 1400. The number of benzene rings is 2. The molecular formula is C23H20Cl2N6O2. The highest BCUT2D eigenvalue weighted by atomic mass is 35.5. The summed E-state index contributed by atoms with van der Waals surface area (Å²) in [6, 6.07) is 7.68. The SMILES string of the molecule is C[C@H](O)[C@@H](Nc1ncnc2cc(C(=O)C3C=CCN3)c(Cl)cc12)c1nc2ccc(Cl)cc2[nH]1. The summed E-state index contributed by atoms with van der Waals surface area (Å²) >= 11 is 12.6. The summed E-state index contributed by atoms with van der Waals surface area (Å²) in [7, 11) is 0. The first-order valence-corrected chi connectivity index (χ1v) is 11.1. The number of H-pyrrole nitrogens is 1. The summed E-state index contributed by atoms with van der Waals surface area (Å²) in [5.41, 5.74) is 2.44. The topological polar surface area (TPSA) is 116 Å². The van der Waals surface area contributed by atoms with E-state index >= 15 is 0 Å². The number of anilines is 1. The molecule has 1 unspecified atom stereocenters. The largest absolute Gasteiger partial charge is 0.391 e. The predicted octanol–water partition coefficient (Wildman–Crippen LogP) is 4.06. The highest BCUT2D eigenvalue weighted by Crippen LogP contribution is 2.31. The van der Waals surface area contributed by atoms with E-state index in [1.165, 1.54) is 6.33 Å². The Kier molecular flexibility index (Phi) is 5.76. The van der Waals surface area contributed by atoms with Gasteiger partial charge in [0, 0.05) is 22.5 Å². The Morgan fingerprint density at radius 1 is 1.21 bits per heavy atom. The monoisotopic (exact) mass is 482 g/mol. The van der Waals surface area contributed by atoms with Crippen LogP contribution in [0.4, 0.5) is 5.82 Å². The van der Waals surface area contributed by atoms with Crippen LogP contribution in [0.3, 0.4) is 0 Å². The third-order valence-electron chi connectivity index (χ3n) is 5.59. The number of carbonyl (C=O) groups is 1. The van der Waals surface area contributed by atoms with E-state index in [-0.39, 0.29) is 5.78 Å². The number of nitrogens with zero attached hydrogens (tertiary/aromatic N) is 3. The molecule has 5 rings (SSSR count). The molecule has 2 aromatic heterocycles. The van der Waals surface area contributed by atoms with Crippen molar-refractivity contribution in [2.75, 3.05) is 11.9 Å². The summed E-state index contributed by atoms with van der Waals surface area (Å²) in [6.45, 7) is 2.31. The maximum Gasteiger partial charge on any atom is 0.185 e. The number of nitrogens with one attached hydrogen (secondary N) is 3. The van der Waals surface area contributed by atoms with E-state index in [1.807, 2.05) is 18.2 Å². The zero-order valence-electron chi connectivity index (χ0n) is 17.5. The molecule has 168 valence electrons. The van der Waals surface area contributed by atoms with E-state index in [0.717, 1.165) is 11.0 Å². The van der Waals surface area contributed by atoms with Crippen molar-refractivity contribution >= 4 is 56.7 Å². The highest BCUT2D eigenvalue weighted by Gasteiger charge is 2.25. The minimum absolute atomic E-state index is 0.119. The number of aromatic nitrogens is 4. The smallest absolute Gasteiger partial charge is 0.185 e. The lowest BCUT2D eigenvalue weighted by Gasteiger charge is -2.21. The Hall–Kier alpha value is -3.04. The minimum atomic E-state index is -0.803. The fourth-order valence-electron chi connectivity index (χ4n) is 3.91. The van der Waals surface area contributed by atoms with E-state index in [4.69, 9.17) is 23.2 Å². The quantitative estimate of drug-likeness (QED) is 0.242. The van der Waals surface area contributed by atoms with Gasteiger partial charge in [-0.2, -0.15) is 0 Å². The van der Waals surface area contributed by atoms with Crippen LogP contribution in [-0.2, 0) is 0 Å². The van der Waals surface area contributed by atoms with Gasteiger partial charge in [-0.15, -0.1) is 0 Å². The Balaban J connectivity index is 1.52. The van der Waals surface area contributed by atoms with E-state index in [9.17, 15) is 9.90 Å². The highest BCUT2D eigenvalue weighted by molar-refractivity contribution is 6.35. The van der Waals surface area contributed by atoms with Crippen molar-refractivity contribution in [3.8, 4) is 0 Å². The Morgan fingerprint density at radius 3 is 2.82 bits per heavy atom. The molecule has 10 heteroatoms. The van der Waals surface area contributed by atoms with Gasteiger partial charge in [0.1, 0.15) is 24.0 Å². The number of hydrogen-bond donors (Lipinski definition) is 4. The van der Waals surface area contributed by atoms with Gasteiger partial charge in [0.05, 0.1) is 33.7 Å². The van der Waals surface area contributed by atoms with Crippen molar-refractivity contribution in [2.45, 2.75) is 25.1 Å². The maximum atomic E-state index is 12.8. The van der Waals surface area contributed by atoms with E-state index in [2.05, 4.69) is 30.6 Å². The Labute approximate surface area is 199 Å². The third-order valence-corrected chi connectivity index (χ3v) is 6.14. The van der Waals surface area contributed by atoms with Gasteiger partial charge in [-0.05, 0) is 37.3 Å². The van der Waals surface area contributed by atoms with Crippen molar-refractivity contribution in [3.05, 3.63) is 70.2 Å². The van der Waals surface area contributed by atoms with Crippen molar-refractivity contribution < 1.29 is 9.90 Å². The first-order chi connectivity index (χ1) is 15.9. The van der Waals surface area contributed by atoms with Crippen LogP contribution in [-0.4, -0.2) is 49.5 Å². The van der Waals surface area contributed by atoms with Crippen molar-refractivity contribution in [1.29, 1.82) is 0 Å². The number of Topliss-reactive ketones (excluding diaryl/α,β-unsaturated/α-hetero) is 1. The lowest BCUT2D eigenvalue weighted by atomic mass is 10.0. The van der Waals surface area contributed by atoms with E-state index in [0.29, 0.717) is 44.7 Å². The first-order valence-electron chi connectivity index (χ1n) is 10.4. The van der Waals surface area contributed by atoms with Gasteiger partial charge in [0.25, 0.3) is 0 Å². The average molecular weight is 483 g/mol. The zero-order chi connectivity index (χ0) is 23.1. The molecule has 3 heterocycles. The van der Waals surface area contributed by atoms with Crippen molar-refractivity contribution in [1.82, 2.24) is 25.3 Å². The normalized spacial score (nSPS) is 17.5. The van der Waals surface area contributed by atoms with Crippen LogP contribution in [0.25, 0.3) is 21.9 Å². The summed E-state index contributed by atoms with van der Waals surface area (Å²) < 4.78 is 0. The average Bonchev–Trinajstić information content (AvgIpc) is 3.46. The molecule has 33 heavy (non-hydrogen) atoms. The Morgan fingerprint density at radius 2 is 2.06 bits per heavy atom. The number of ketones is 1. The lowest BCUT2D eigenvalue weighted by Crippen LogP contribution is -2.31. The molecule has 0 saturated carbocycles. The molecule has 0 radical (unpaired) electrons. The van der Waals surface area contributed by atoms with Gasteiger partial charge in [-0.25, -0.2) is 15.0 Å². The number of carbonyl (C=O) groups excluding carboxylic acids is 1. The van der Waals surface area contributed by atoms with Crippen LogP contribution < -0.4 is 10.6 Å². The number of rotatable bonds is 6. The van der Waals surface area contributed by atoms with Crippen molar-refractivity contribution in [2.24, 2.45) is 0 Å².